The van der Waals surface area contributed by atoms with Gasteiger partial charge in [0.1, 0.15) is 18.3 Å². The zero-order chi connectivity index (χ0) is 66.4. The molecule has 2 amide bonds. The van der Waals surface area contributed by atoms with Gasteiger partial charge in [0.05, 0.1) is 18.5 Å². The molecule has 0 radical (unpaired) electrons. The fourth-order valence-electron chi connectivity index (χ4n) is 6.57. The van der Waals surface area contributed by atoms with E-state index in [0.717, 1.165) is 40.7 Å². The molecule has 0 aliphatic rings. The van der Waals surface area contributed by atoms with Gasteiger partial charge >= 0.3 is 37.1 Å². The van der Waals surface area contributed by atoms with Crippen molar-refractivity contribution in [3.63, 3.8) is 0 Å². The van der Waals surface area contributed by atoms with Gasteiger partial charge in [-0.3, -0.25) is 19.2 Å². The largest absolute Gasteiger partial charge is 2.00 e. The van der Waals surface area contributed by atoms with Gasteiger partial charge in [-0.25, -0.2) is 11.1 Å². The van der Waals surface area contributed by atoms with Crippen molar-refractivity contribution in [3.05, 3.63) is 93.4 Å². The van der Waals surface area contributed by atoms with E-state index in [2.05, 4.69) is 165 Å². The molecule has 0 aromatic heterocycles. The molecular weight excluding hydrogens is 1410 g/mol. The zero-order valence-electron chi connectivity index (χ0n) is 57.6. The second kappa shape index (κ2) is 64.2. The monoisotopic (exact) mass is 1530 g/mol. The molecule has 0 fully saturated rings. The number of ether oxygens (including phenoxy) is 2. The second-order valence-corrected chi connectivity index (χ2v) is 23.6. The fraction of sp³-hybridized carbons (Fsp3) is 0.667. The molecule has 0 saturated heterocycles. The molecule has 6 unspecified atom stereocenters. The van der Waals surface area contributed by atoms with Gasteiger partial charge in [0.15, 0.2) is 11.9 Å². The fourth-order valence-corrected chi connectivity index (χ4v) is 7.10. The maximum Gasteiger partial charge on any atom is 2.00 e. The van der Waals surface area contributed by atoms with Gasteiger partial charge in [0.25, 0.3) is 0 Å². The van der Waals surface area contributed by atoms with E-state index in [9.17, 15) is 33.6 Å². The molecular formula is C69H121Br2N3O9U. The van der Waals surface area contributed by atoms with Crippen LogP contribution < -0.4 is 5.32 Å². The van der Waals surface area contributed by atoms with Crippen molar-refractivity contribution in [3.8, 4) is 0 Å². The van der Waals surface area contributed by atoms with Crippen LogP contribution in [0.1, 0.15) is 208 Å². The quantitative estimate of drug-likeness (QED) is 0.0416. The molecule has 0 heterocycles. The Morgan fingerprint density at radius 2 is 1.12 bits per heavy atom. The number of amides is 2. The molecule has 2 rings (SSSR count). The average Bonchev–Trinajstić information content (AvgIpc) is 3.47. The summed E-state index contributed by atoms with van der Waals surface area (Å²) >= 11 is 6.69. The van der Waals surface area contributed by atoms with Crippen LogP contribution in [0.4, 0.5) is 0 Å². The number of nitrogens with zero attached hydrogens (tertiary/aromatic N) is 2. The molecule has 2 aromatic carbocycles. The summed E-state index contributed by atoms with van der Waals surface area (Å²) in [5.74, 6) is 3.36. The predicted octanol–water partition coefficient (Wildman–Crippen LogP) is 17.4. The number of likely N-dealkylation sites (N-methyl/N-ethyl adjacent to an activating group) is 2. The SMILES string of the molecule is C=C(OC(C)C(=O)CC)C(CC(C)C)N(C)C(=O)CNC(=O)C(CC(C)C)C(C)CC.CC.CC.CC(C)CC(C)C(=O)OCC=C=O.CC(C)CC([C-]=O)N(C)C.CCCC.C[CH-]C(C)=O.Cc1ccc(Br)cc1.Cc1ccc(Br)cc1.[U+2]. The van der Waals surface area contributed by atoms with Crippen molar-refractivity contribution >= 4 is 73.4 Å². The van der Waals surface area contributed by atoms with Crippen LogP contribution in [-0.4, -0.2) is 104 Å². The number of ketones is 2. The minimum atomic E-state index is -0.595. The van der Waals surface area contributed by atoms with Crippen LogP contribution in [0.5, 0.6) is 0 Å². The predicted molar refractivity (Wildman–Crippen MR) is 361 cm³/mol. The molecule has 0 saturated carbocycles. The van der Waals surface area contributed by atoms with Gasteiger partial charge in [-0.1, -0.05) is 230 Å². The Kier molecular flexibility index (Phi) is 74.1. The van der Waals surface area contributed by atoms with Gasteiger partial charge in [0.2, 0.25) is 11.8 Å². The number of aryl methyl sites for hydroxylation is 2. The van der Waals surface area contributed by atoms with E-state index in [1.807, 2.05) is 84.2 Å². The molecule has 484 valence electrons. The third kappa shape index (κ3) is 61.8. The Bertz CT molecular complexity index is 1880. The summed E-state index contributed by atoms with van der Waals surface area (Å²) in [6, 6.07) is 16.1. The Balaban J connectivity index is -0.000000149. The van der Waals surface area contributed by atoms with E-state index in [1.165, 1.54) is 37.3 Å². The summed E-state index contributed by atoms with van der Waals surface area (Å²) in [5, 5.41) is 2.84. The van der Waals surface area contributed by atoms with Crippen molar-refractivity contribution in [2.24, 2.45) is 41.4 Å². The minimum absolute atomic E-state index is 0. The maximum atomic E-state index is 12.9. The maximum absolute atomic E-state index is 12.9. The van der Waals surface area contributed by atoms with Crippen LogP contribution >= 0.6 is 31.9 Å². The number of unbranched alkanes of at least 4 members (excludes halogenated alkanes) is 1. The Morgan fingerprint density at radius 3 is 1.40 bits per heavy atom. The summed E-state index contributed by atoms with van der Waals surface area (Å²) in [6.07, 6.45) is 11.2. The molecule has 0 spiro atoms. The van der Waals surface area contributed by atoms with Crippen molar-refractivity contribution in [2.45, 2.75) is 229 Å². The topological polar surface area (TPSA) is 156 Å². The van der Waals surface area contributed by atoms with Crippen LogP contribution in [0.2, 0.25) is 0 Å². The molecule has 6 atom stereocenters. The number of benzene rings is 2. The van der Waals surface area contributed by atoms with Gasteiger partial charge < -0.3 is 40.6 Å². The van der Waals surface area contributed by atoms with E-state index in [0.29, 0.717) is 42.3 Å². The summed E-state index contributed by atoms with van der Waals surface area (Å²) in [7, 11) is 5.50. The summed E-state index contributed by atoms with van der Waals surface area (Å²) < 4.78 is 12.8. The van der Waals surface area contributed by atoms with Crippen molar-refractivity contribution < 1.29 is 74.1 Å². The molecule has 15 heteroatoms. The number of carbonyl (C=O) groups is 5. The van der Waals surface area contributed by atoms with E-state index >= 15 is 0 Å². The molecule has 0 aliphatic heterocycles. The first-order valence-corrected chi connectivity index (χ1v) is 31.9. The minimum Gasteiger partial charge on any atom is -0.540 e. The van der Waals surface area contributed by atoms with Crippen LogP contribution in [0, 0.1) is 92.8 Å². The van der Waals surface area contributed by atoms with E-state index in [1.54, 1.807) is 38.7 Å². The van der Waals surface area contributed by atoms with Gasteiger partial charge in [-0.15, -0.1) is 0 Å². The Morgan fingerprint density at radius 1 is 0.714 bits per heavy atom. The smallest absolute Gasteiger partial charge is 0.540 e. The van der Waals surface area contributed by atoms with Crippen LogP contribution in [0.25, 0.3) is 0 Å². The molecule has 12 nitrogen and oxygen atoms in total. The number of halogens is 2. The zero-order valence-corrected chi connectivity index (χ0v) is 65.0. The van der Waals surface area contributed by atoms with E-state index in [-0.39, 0.29) is 103 Å². The Labute approximate surface area is 556 Å². The Hall–Kier alpha value is -3.31. The first-order valence-electron chi connectivity index (χ1n) is 30.3. The average molecular weight is 1530 g/mol. The van der Waals surface area contributed by atoms with Crippen LogP contribution in [0.15, 0.2) is 75.9 Å². The molecule has 84 heavy (non-hydrogen) atoms. The number of nitrogens with one attached hydrogen (secondary N) is 1. The number of hydrogen-bond donors (Lipinski definition) is 1. The number of rotatable bonds is 26. The standard InChI is InChI=1S/C25H46N2O4.C10H16O3.C8H16NO.2C7H7Br.C4H7O.C4H10.2C2H6.U/c1-11-18(7)21(13-16(3)4)25(30)26-15-24(29)27(10)22(14-17(5)6)19(8)31-20(9)23(28)12-2;1-8(2)7-9(3)10(12)13-6-4-5-11;1-7(2)5-8(6-10)9(3)4;2*1-6-2-4-7(8)5-3-6;1-3-4(2)5;1-3-4-2;2*1-2;/h16-18,20-22H,8,11-15H2,1-7,9-10H3,(H,26,30);4,8-9H,6-7H2,1-3H3;7-8H,5H2,1-4H3;2*2-5H,1H3;3H,1-2H3;3-4H2,1-2H3;2*1-2H3;/q;;-1;;;-1;;;;+2. The third-order valence-electron chi connectivity index (χ3n) is 11.9. The van der Waals surface area contributed by atoms with Crippen LogP contribution in [-0.2, 0) is 43.0 Å². The van der Waals surface area contributed by atoms with E-state index in [4.69, 9.17) is 9.47 Å². The van der Waals surface area contributed by atoms with Gasteiger partial charge in [0, 0.05) is 34.4 Å². The van der Waals surface area contributed by atoms with Crippen molar-refractivity contribution in [1.82, 2.24) is 15.1 Å². The third-order valence-corrected chi connectivity index (χ3v) is 12.9. The molecule has 0 aliphatic carbocycles. The number of esters is 1. The summed E-state index contributed by atoms with van der Waals surface area (Å²) in [6.45, 7) is 49.9. The first-order chi connectivity index (χ1) is 38.8. The first kappa shape index (κ1) is 97.0. The summed E-state index contributed by atoms with van der Waals surface area (Å²) in [4.78, 5) is 82.0. The van der Waals surface area contributed by atoms with Crippen LogP contribution in [0.3, 0.4) is 0 Å². The molecule has 2 aromatic rings. The number of carbonyl (C=O) groups excluding carboxylic acids is 7. The van der Waals surface area contributed by atoms with Crippen molar-refractivity contribution in [1.29, 1.82) is 0 Å². The second-order valence-electron chi connectivity index (χ2n) is 21.7. The normalized spacial score (nSPS) is 11.8. The molecule has 0 bridgehead atoms. The van der Waals surface area contributed by atoms with Crippen molar-refractivity contribution in [2.75, 3.05) is 34.3 Å². The molecule has 1 N–H and O–H groups in total. The number of Topliss-reactive ketones (excluding diaryl/α,β-unsaturated/α-hetero) is 2. The van der Waals surface area contributed by atoms with E-state index < -0.39 is 6.10 Å². The number of hydrogen-bond acceptors (Lipinski definition) is 10. The van der Waals surface area contributed by atoms with Gasteiger partial charge in [-0.05, 0) is 121 Å². The summed E-state index contributed by atoms with van der Waals surface area (Å²) in [5.41, 5.74) is 2.60. The van der Waals surface area contributed by atoms with Gasteiger partial charge in [-0.2, -0.15) is 6.92 Å².